The fraction of sp³-hybridized carbons (Fsp3) is 0.235. The number of nitrogens with one attached hydrogen (secondary N) is 1. The summed E-state index contributed by atoms with van der Waals surface area (Å²) in [7, 11) is 3.40. The molecule has 1 amide bonds. The van der Waals surface area contributed by atoms with E-state index in [1.54, 1.807) is 42.4 Å². The quantitative estimate of drug-likeness (QED) is 0.747. The lowest BCUT2D eigenvalue weighted by Gasteiger charge is -2.04. The van der Waals surface area contributed by atoms with Crippen LogP contribution >= 0.6 is 11.3 Å². The predicted octanol–water partition coefficient (Wildman–Crippen LogP) is 2.52. The number of rotatable bonds is 6. The van der Waals surface area contributed by atoms with Gasteiger partial charge in [0.25, 0.3) is 5.91 Å². The lowest BCUT2D eigenvalue weighted by atomic mass is 10.2. The third-order valence-corrected chi connectivity index (χ3v) is 4.52. The van der Waals surface area contributed by atoms with Gasteiger partial charge in [-0.2, -0.15) is 5.10 Å². The molecule has 124 valence electrons. The Morgan fingerprint density at radius 3 is 2.75 bits per heavy atom. The van der Waals surface area contributed by atoms with Crippen molar-refractivity contribution in [2.75, 3.05) is 13.7 Å². The molecular weight excluding hydrogens is 324 g/mol. The minimum absolute atomic E-state index is 0.123. The number of thiazole rings is 1. The zero-order chi connectivity index (χ0) is 16.9. The van der Waals surface area contributed by atoms with Gasteiger partial charge in [0.05, 0.1) is 17.8 Å². The highest BCUT2D eigenvalue weighted by atomic mass is 32.1. The van der Waals surface area contributed by atoms with Crippen LogP contribution in [-0.2, 0) is 13.5 Å². The summed E-state index contributed by atoms with van der Waals surface area (Å²) < 4.78 is 6.72. The summed E-state index contributed by atoms with van der Waals surface area (Å²) in [5.74, 6) is 0.703. The van der Waals surface area contributed by atoms with Crippen LogP contribution in [0.25, 0.3) is 11.3 Å². The molecule has 0 saturated carbocycles. The van der Waals surface area contributed by atoms with E-state index in [-0.39, 0.29) is 5.91 Å². The number of amides is 1. The normalized spacial score (nSPS) is 10.6. The Balaban J connectivity index is 1.56. The van der Waals surface area contributed by atoms with Crippen LogP contribution in [0, 0.1) is 0 Å². The molecule has 2 heterocycles. The van der Waals surface area contributed by atoms with Gasteiger partial charge in [0, 0.05) is 37.2 Å². The molecular formula is C17H18N4O2S. The molecule has 0 saturated heterocycles. The summed E-state index contributed by atoms with van der Waals surface area (Å²) in [4.78, 5) is 16.6. The second-order valence-electron chi connectivity index (χ2n) is 5.20. The zero-order valence-electron chi connectivity index (χ0n) is 13.5. The Hall–Kier alpha value is -2.67. The number of hydrogen-bond donors (Lipinski definition) is 1. The number of carbonyl (C=O) groups is 1. The Morgan fingerprint density at radius 2 is 2.08 bits per heavy atom. The van der Waals surface area contributed by atoms with Gasteiger partial charge in [-0.05, 0) is 30.3 Å². The second-order valence-corrected chi connectivity index (χ2v) is 6.14. The summed E-state index contributed by atoms with van der Waals surface area (Å²) >= 11 is 1.60. The summed E-state index contributed by atoms with van der Waals surface area (Å²) in [5.41, 5.74) is 2.54. The van der Waals surface area contributed by atoms with Crippen LogP contribution in [0.3, 0.4) is 0 Å². The lowest BCUT2D eigenvalue weighted by molar-refractivity contribution is 0.0944. The monoisotopic (exact) mass is 342 g/mol. The molecule has 0 spiro atoms. The van der Waals surface area contributed by atoms with Gasteiger partial charge in [-0.25, -0.2) is 4.98 Å². The minimum atomic E-state index is -0.123. The highest BCUT2D eigenvalue weighted by Gasteiger charge is 2.10. The van der Waals surface area contributed by atoms with Crippen LogP contribution in [0.4, 0.5) is 0 Å². The number of aryl methyl sites for hydroxylation is 1. The highest BCUT2D eigenvalue weighted by molar-refractivity contribution is 7.09. The standard InChI is InChI=1S/C17H18N4O2S/c1-21-15(7-10-19-21)17(22)18-9-8-16-20-14(11-24-16)12-3-5-13(23-2)6-4-12/h3-7,10-11H,8-9H2,1-2H3,(H,18,22). The molecule has 24 heavy (non-hydrogen) atoms. The van der Waals surface area contributed by atoms with E-state index in [4.69, 9.17) is 4.74 Å². The number of carbonyl (C=O) groups excluding carboxylic acids is 1. The molecule has 0 bridgehead atoms. The van der Waals surface area contributed by atoms with Gasteiger partial charge in [-0.15, -0.1) is 11.3 Å². The van der Waals surface area contributed by atoms with Crippen LogP contribution in [0.5, 0.6) is 5.75 Å². The molecule has 3 rings (SSSR count). The van der Waals surface area contributed by atoms with Crippen LogP contribution in [0.2, 0.25) is 0 Å². The molecule has 0 atom stereocenters. The van der Waals surface area contributed by atoms with Gasteiger partial charge in [-0.3, -0.25) is 9.48 Å². The van der Waals surface area contributed by atoms with Crippen molar-refractivity contribution >= 4 is 17.2 Å². The largest absolute Gasteiger partial charge is 0.497 e. The Kier molecular flexibility index (Phi) is 4.90. The van der Waals surface area contributed by atoms with Crippen LogP contribution in [0.1, 0.15) is 15.5 Å². The Bertz CT molecular complexity index is 823. The van der Waals surface area contributed by atoms with E-state index >= 15 is 0 Å². The van der Waals surface area contributed by atoms with E-state index in [1.165, 1.54) is 0 Å². The number of nitrogens with zero attached hydrogens (tertiary/aromatic N) is 3. The van der Waals surface area contributed by atoms with E-state index in [1.807, 2.05) is 29.6 Å². The number of hydrogen-bond acceptors (Lipinski definition) is 5. The Labute approximate surface area is 144 Å². The fourth-order valence-corrected chi connectivity index (χ4v) is 3.10. The molecule has 0 radical (unpaired) electrons. The van der Waals surface area contributed by atoms with E-state index in [0.29, 0.717) is 18.7 Å². The average molecular weight is 342 g/mol. The maximum absolute atomic E-state index is 12.0. The first kappa shape index (κ1) is 16.2. The fourth-order valence-electron chi connectivity index (χ4n) is 2.29. The van der Waals surface area contributed by atoms with Crippen LogP contribution in [0.15, 0.2) is 41.9 Å². The molecule has 0 unspecified atom stereocenters. The van der Waals surface area contributed by atoms with E-state index in [2.05, 4.69) is 15.4 Å². The van der Waals surface area contributed by atoms with Gasteiger partial charge in [0.2, 0.25) is 0 Å². The van der Waals surface area contributed by atoms with Crippen molar-refractivity contribution < 1.29 is 9.53 Å². The van der Waals surface area contributed by atoms with Crippen molar-refractivity contribution in [3.8, 4) is 17.0 Å². The average Bonchev–Trinajstić information content (AvgIpc) is 3.24. The summed E-state index contributed by atoms with van der Waals surface area (Å²) in [6.45, 7) is 0.541. The molecule has 1 N–H and O–H groups in total. The number of aromatic nitrogens is 3. The van der Waals surface area contributed by atoms with Crippen LogP contribution in [-0.4, -0.2) is 34.3 Å². The summed E-state index contributed by atoms with van der Waals surface area (Å²) in [6.07, 6.45) is 2.31. The lowest BCUT2D eigenvalue weighted by Crippen LogP contribution is -2.27. The van der Waals surface area contributed by atoms with Crippen molar-refractivity contribution in [2.45, 2.75) is 6.42 Å². The number of benzene rings is 1. The molecule has 1 aromatic carbocycles. The third kappa shape index (κ3) is 3.62. The number of ether oxygens (including phenoxy) is 1. The maximum atomic E-state index is 12.0. The van der Waals surface area contributed by atoms with Crippen molar-refractivity contribution in [1.29, 1.82) is 0 Å². The van der Waals surface area contributed by atoms with Gasteiger partial charge in [0.1, 0.15) is 11.4 Å². The second kappa shape index (κ2) is 7.27. The first-order valence-corrected chi connectivity index (χ1v) is 8.40. The first-order chi connectivity index (χ1) is 11.7. The molecule has 0 aliphatic carbocycles. The molecule has 6 nitrogen and oxygen atoms in total. The Morgan fingerprint density at radius 1 is 1.29 bits per heavy atom. The van der Waals surface area contributed by atoms with Gasteiger partial charge in [-0.1, -0.05) is 0 Å². The highest BCUT2D eigenvalue weighted by Crippen LogP contribution is 2.24. The molecule has 0 aliphatic heterocycles. The molecule has 3 aromatic rings. The van der Waals surface area contributed by atoms with E-state index in [0.717, 1.165) is 22.0 Å². The van der Waals surface area contributed by atoms with Crippen molar-refractivity contribution in [1.82, 2.24) is 20.1 Å². The zero-order valence-corrected chi connectivity index (χ0v) is 14.3. The van der Waals surface area contributed by atoms with Gasteiger partial charge < -0.3 is 10.1 Å². The molecule has 0 aliphatic rings. The van der Waals surface area contributed by atoms with Crippen LogP contribution < -0.4 is 10.1 Å². The minimum Gasteiger partial charge on any atom is -0.497 e. The summed E-state index contributed by atoms with van der Waals surface area (Å²) in [5, 5.41) is 9.90. The van der Waals surface area contributed by atoms with Gasteiger partial charge >= 0.3 is 0 Å². The smallest absolute Gasteiger partial charge is 0.269 e. The molecule has 7 heteroatoms. The number of methoxy groups -OCH3 is 1. The van der Waals surface area contributed by atoms with Crippen molar-refractivity contribution in [2.24, 2.45) is 7.05 Å². The van der Waals surface area contributed by atoms with E-state index in [9.17, 15) is 4.79 Å². The topological polar surface area (TPSA) is 69.0 Å². The first-order valence-electron chi connectivity index (χ1n) is 7.52. The third-order valence-electron chi connectivity index (χ3n) is 3.62. The SMILES string of the molecule is COc1ccc(-c2csc(CCNC(=O)c3ccnn3C)n2)cc1. The van der Waals surface area contributed by atoms with Crippen molar-refractivity contribution in [3.63, 3.8) is 0 Å². The van der Waals surface area contributed by atoms with E-state index < -0.39 is 0 Å². The molecule has 2 aromatic heterocycles. The maximum Gasteiger partial charge on any atom is 0.269 e. The molecule has 0 fully saturated rings. The summed E-state index contributed by atoms with van der Waals surface area (Å²) in [6, 6.07) is 9.51. The van der Waals surface area contributed by atoms with Crippen molar-refractivity contribution in [3.05, 3.63) is 52.6 Å². The predicted molar refractivity (Wildman–Crippen MR) is 93.3 cm³/mol. The van der Waals surface area contributed by atoms with Gasteiger partial charge in [0.15, 0.2) is 0 Å².